The smallest absolute Gasteiger partial charge is 0.305 e. The van der Waals surface area contributed by atoms with Crippen molar-refractivity contribution < 1.29 is 24.5 Å². The van der Waals surface area contributed by atoms with Crippen LogP contribution in [0.4, 0.5) is 0 Å². The molecule has 2 unspecified atom stereocenters. The molecular formula is C77H149NO5. The van der Waals surface area contributed by atoms with Crippen LogP contribution in [0.2, 0.25) is 0 Å². The number of aliphatic hydroxyl groups excluding tert-OH is 2. The molecule has 6 nitrogen and oxygen atoms in total. The Kier molecular flexibility index (Phi) is 71.4. The molecular weight excluding hydrogens is 1020 g/mol. The molecule has 0 aliphatic carbocycles. The summed E-state index contributed by atoms with van der Waals surface area (Å²) in [7, 11) is 0. The van der Waals surface area contributed by atoms with Crippen LogP contribution < -0.4 is 5.32 Å². The highest BCUT2D eigenvalue weighted by Crippen LogP contribution is 2.20. The first kappa shape index (κ1) is 81.3. The number of hydrogen-bond donors (Lipinski definition) is 3. The lowest BCUT2D eigenvalue weighted by molar-refractivity contribution is -0.143. The summed E-state index contributed by atoms with van der Waals surface area (Å²) < 4.78 is 5.47. The van der Waals surface area contributed by atoms with E-state index >= 15 is 0 Å². The van der Waals surface area contributed by atoms with Gasteiger partial charge in [-0.1, -0.05) is 385 Å². The Balaban J connectivity index is 3.38. The third-order valence-electron chi connectivity index (χ3n) is 18.0. The molecule has 2 atom stereocenters. The van der Waals surface area contributed by atoms with Gasteiger partial charge in [0.25, 0.3) is 0 Å². The van der Waals surface area contributed by atoms with Crippen LogP contribution in [0, 0.1) is 0 Å². The maximum Gasteiger partial charge on any atom is 0.305 e. The molecule has 0 saturated heterocycles. The quantitative estimate of drug-likeness (QED) is 0.0320. The Morgan fingerprint density at radius 3 is 0.916 bits per heavy atom. The highest BCUT2D eigenvalue weighted by molar-refractivity contribution is 5.76. The van der Waals surface area contributed by atoms with E-state index in [1.54, 1.807) is 0 Å². The highest BCUT2D eigenvalue weighted by Gasteiger charge is 2.20. The molecule has 0 radical (unpaired) electrons. The third-order valence-corrected chi connectivity index (χ3v) is 18.0. The van der Waals surface area contributed by atoms with Crippen molar-refractivity contribution in [2.45, 2.75) is 443 Å². The van der Waals surface area contributed by atoms with E-state index in [0.29, 0.717) is 25.9 Å². The van der Waals surface area contributed by atoms with Gasteiger partial charge in [-0.05, 0) is 57.8 Å². The van der Waals surface area contributed by atoms with Crippen molar-refractivity contribution in [3.05, 3.63) is 24.3 Å². The minimum atomic E-state index is -0.664. The third kappa shape index (κ3) is 69.3. The van der Waals surface area contributed by atoms with Crippen LogP contribution in [0.3, 0.4) is 0 Å². The molecule has 0 saturated carbocycles. The fourth-order valence-electron chi connectivity index (χ4n) is 12.2. The number of allylic oxidation sites excluding steroid dienone is 4. The number of amides is 1. The van der Waals surface area contributed by atoms with Gasteiger partial charge >= 0.3 is 5.97 Å². The van der Waals surface area contributed by atoms with Gasteiger partial charge in [0.15, 0.2) is 0 Å². The molecule has 0 aromatic rings. The molecule has 0 aliphatic rings. The fraction of sp³-hybridized carbons (Fsp3) is 0.922. The van der Waals surface area contributed by atoms with E-state index < -0.39 is 12.1 Å². The molecule has 6 heteroatoms. The predicted octanol–water partition coefficient (Wildman–Crippen LogP) is 24.9. The number of rotatable bonds is 72. The second-order valence-electron chi connectivity index (χ2n) is 26.3. The summed E-state index contributed by atoms with van der Waals surface area (Å²) in [5, 5.41) is 23.5. The zero-order valence-corrected chi connectivity index (χ0v) is 56.5. The summed E-state index contributed by atoms with van der Waals surface area (Å²) in [6.45, 7) is 4.99. The van der Waals surface area contributed by atoms with Crippen molar-refractivity contribution in [2.24, 2.45) is 0 Å². The predicted molar refractivity (Wildman–Crippen MR) is 366 cm³/mol. The van der Waals surface area contributed by atoms with Gasteiger partial charge < -0.3 is 20.3 Å². The Labute approximate surface area is 520 Å². The van der Waals surface area contributed by atoms with Gasteiger partial charge in [-0.2, -0.15) is 0 Å². The topological polar surface area (TPSA) is 95.9 Å². The lowest BCUT2D eigenvalue weighted by Crippen LogP contribution is -2.45. The normalized spacial score (nSPS) is 12.6. The van der Waals surface area contributed by atoms with E-state index in [1.165, 1.54) is 353 Å². The van der Waals surface area contributed by atoms with Gasteiger partial charge in [-0.3, -0.25) is 9.59 Å². The summed E-state index contributed by atoms with van der Waals surface area (Å²) in [6.07, 6.45) is 92.6. The maximum absolute atomic E-state index is 12.6. The zero-order valence-electron chi connectivity index (χ0n) is 56.5. The molecule has 0 fully saturated rings. The summed E-state index contributed by atoms with van der Waals surface area (Å²) >= 11 is 0. The fourth-order valence-corrected chi connectivity index (χ4v) is 12.2. The second kappa shape index (κ2) is 72.8. The van der Waals surface area contributed by atoms with Crippen LogP contribution in [0.15, 0.2) is 24.3 Å². The van der Waals surface area contributed by atoms with E-state index in [-0.39, 0.29) is 18.5 Å². The number of ether oxygens (including phenoxy) is 1. The van der Waals surface area contributed by atoms with Gasteiger partial charge in [-0.25, -0.2) is 0 Å². The van der Waals surface area contributed by atoms with Crippen LogP contribution in [0.5, 0.6) is 0 Å². The molecule has 3 N–H and O–H groups in total. The maximum atomic E-state index is 12.6. The van der Waals surface area contributed by atoms with Crippen molar-refractivity contribution in [2.75, 3.05) is 13.2 Å². The molecule has 1 amide bonds. The molecule has 0 heterocycles. The van der Waals surface area contributed by atoms with E-state index in [9.17, 15) is 19.8 Å². The number of hydrogen-bond acceptors (Lipinski definition) is 5. The van der Waals surface area contributed by atoms with Crippen molar-refractivity contribution in [1.29, 1.82) is 0 Å². The molecule has 0 rings (SSSR count). The monoisotopic (exact) mass is 1170 g/mol. The number of nitrogens with one attached hydrogen (secondary N) is 1. The lowest BCUT2D eigenvalue weighted by Gasteiger charge is -2.22. The minimum absolute atomic E-state index is 0.0147. The largest absolute Gasteiger partial charge is 0.466 e. The number of carbonyl (C=O) groups excluding carboxylic acids is 2. The number of esters is 1. The first-order valence-electron chi connectivity index (χ1n) is 38.1. The summed E-state index contributed by atoms with van der Waals surface area (Å²) in [5.41, 5.74) is 0. The second-order valence-corrected chi connectivity index (χ2v) is 26.3. The SMILES string of the molecule is CCCCCCCCCCCCCCCCCCCCCCCCC(O)C(CO)NC(=O)CCCCCCCCCCCCCCCCCCC/C=C\C/C=C\CCCCCCCCCCCOC(=O)CCCCCCCCCCCCC. The van der Waals surface area contributed by atoms with Gasteiger partial charge in [0, 0.05) is 12.8 Å². The van der Waals surface area contributed by atoms with Crippen LogP contribution >= 0.6 is 0 Å². The molecule has 0 bridgehead atoms. The molecule has 492 valence electrons. The average molecular weight is 1170 g/mol. The number of unbranched alkanes of at least 4 members (excludes halogenated alkanes) is 57. The van der Waals surface area contributed by atoms with Crippen LogP contribution in [-0.4, -0.2) is 47.4 Å². The van der Waals surface area contributed by atoms with Crippen LogP contribution in [-0.2, 0) is 14.3 Å². The van der Waals surface area contributed by atoms with E-state index in [1.807, 2.05) is 0 Å². The van der Waals surface area contributed by atoms with E-state index in [2.05, 4.69) is 43.5 Å². The molecule has 83 heavy (non-hydrogen) atoms. The zero-order chi connectivity index (χ0) is 59.9. The number of carbonyl (C=O) groups is 2. The minimum Gasteiger partial charge on any atom is -0.466 e. The van der Waals surface area contributed by atoms with Crippen molar-refractivity contribution in [3.8, 4) is 0 Å². The summed E-state index contributed by atoms with van der Waals surface area (Å²) in [5.74, 6) is -0.0132. The Bertz CT molecular complexity index is 1300. The highest BCUT2D eigenvalue weighted by atomic mass is 16.5. The van der Waals surface area contributed by atoms with Gasteiger partial charge in [0.1, 0.15) is 0 Å². The van der Waals surface area contributed by atoms with Crippen molar-refractivity contribution in [1.82, 2.24) is 5.32 Å². The molecule has 0 aromatic carbocycles. The van der Waals surface area contributed by atoms with Gasteiger partial charge in [0.2, 0.25) is 5.91 Å². The standard InChI is InChI=1S/C77H149NO5/c1-3-5-7-9-11-13-15-16-17-18-19-20-34-37-40-43-46-50-53-57-61-65-69-75(80)74(73-79)78-76(81)70-66-62-58-54-51-47-44-41-38-35-32-30-28-26-24-22-21-23-25-27-29-31-33-36-39-42-45-48-52-56-60-64-68-72-83-77(82)71-67-63-59-55-49-14-12-10-8-6-4-2/h25,27,31,33,74-75,79-80H,3-24,26,28-30,32,34-73H2,1-2H3,(H,78,81)/b27-25-,33-31-. The van der Waals surface area contributed by atoms with E-state index in [4.69, 9.17) is 4.74 Å². The van der Waals surface area contributed by atoms with E-state index in [0.717, 1.165) is 44.9 Å². The van der Waals surface area contributed by atoms with Crippen LogP contribution in [0.25, 0.3) is 0 Å². The summed E-state index contributed by atoms with van der Waals surface area (Å²) in [6, 6.07) is -0.541. The Morgan fingerprint density at radius 2 is 0.602 bits per heavy atom. The Morgan fingerprint density at radius 1 is 0.337 bits per heavy atom. The summed E-state index contributed by atoms with van der Waals surface area (Å²) in [4.78, 5) is 24.6. The van der Waals surface area contributed by atoms with Crippen LogP contribution in [0.1, 0.15) is 431 Å². The first-order chi connectivity index (χ1) is 41.0. The Hall–Kier alpha value is -1.66. The molecule has 0 spiro atoms. The number of aliphatic hydroxyl groups is 2. The lowest BCUT2D eigenvalue weighted by atomic mass is 10.0. The average Bonchev–Trinajstić information content (AvgIpc) is 3.50. The first-order valence-corrected chi connectivity index (χ1v) is 38.1. The molecule has 0 aromatic heterocycles. The molecule has 0 aliphatic heterocycles. The van der Waals surface area contributed by atoms with Gasteiger partial charge in [-0.15, -0.1) is 0 Å². The van der Waals surface area contributed by atoms with Crippen molar-refractivity contribution in [3.63, 3.8) is 0 Å². The van der Waals surface area contributed by atoms with Gasteiger partial charge in [0.05, 0.1) is 25.4 Å². The van der Waals surface area contributed by atoms with Crippen molar-refractivity contribution >= 4 is 11.9 Å².